The monoisotopic (exact) mass is 265 g/mol. The van der Waals surface area contributed by atoms with E-state index in [1.807, 2.05) is 12.3 Å². The number of nitrogens with zero attached hydrogens (tertiary/aromatic N) is 3. The lowest BCUT2D eigenvalue weighted by molar-refractivity contribution is 1.01. The summed E-state index contributed by atoms with van der Waals surface area (Å²) in [6.45, 7) is 0.758. The summed E-state index contributed by atoms with van der Waals surface area (Å²) in [6, 6.07) is 10.2. The summed E-state index contributed by atoms with van der Waals surface area (Å²) in [5, 5.41) is 4.38. The molecule has 0 aliphatic rings. The van der Waals surface area contributed by atoms with Gasteiger partial charge in [0, 0.05) is 18.1 Å². The minimum absolute atomic E-state index is 0.418. The Morgan fingerprint density at radius 2 is 2.00 bits per heavy atom. The Balaban J connectivity index is 1.71. The molecule has 0 amide bonds. The first kappa shape index (κ1) is 12.3. The van der Waals surface area contributed by atoms with E-state index in [4.69, 9.17) is 5.73 Å². The molecule has 0 unspecified atom stereocenters. The van der Waals surface area contributed by atoms with E-state index in [9.17, 15) is 0 Å². The molecule has 2 heterocycles. The van der Waals surface area contributed by atoms with Gasteiger partial charge in [-0.15, -0.1) is 0 Å². The van der Waals surface area contributed by atoms with Gasteiger partial charge in [-0.2, -0.15) is 0 Å². The number of nitrogens with one attached hydrogen (secondary N) is 1. The number of para-hydroxylation sites is 1. The van der Waals surface area contributed by atoms with Gasteiger partial charge >= 0.3 is 0 Å². The third kappa shape index (κ3) is 2.66. The second-order valence-corrected chi connectivity index (χ2v) is 4.50. The van der Waals surface area contributed by atoms with Gasteiger partial charge in [-0.05, 0) is 18.1 Å². The van der Waals surface area contributed by atoms with Crippen LogP contribution in [0.25, 0.3) is 10.9 Å². The number of nitrogen functional groups attached to an aromatic ring is 1. The van der Waals surface area contributed by atoms with E-state index in [0.29, 0.717) is 11.6 Å². The molecule has 3 aromatic rings. The molecule has 5 nitrogen and oxygen atoms in total. The van der Waals surface area contributed by atoms with Crippen LogP contribution < -0.4 is 11.1 Å². The average molecular weight is 265 g/mol. The summed E-state index contributed by atoms with van der Waals surface area (Å²) in [6.07, 6.45) is 5.88. The first-order chi connectivity index (χ1) is 9.83. The number of anilines is 2. The van der Waals surface area contributed by atoms with Crippen LogP contribution in [0.2, 0.25) is 0 Å². The number of pyridine rings is 1. The molecule has 3 N–H and O–H groups in total. The van der Waals surface area contributed by atoms with Crippen LogP contribution in [0.1, 0.15) is 5.56 Å². The van der Waals surface area contributed by atoms with Crippen molar-refractivity contribution in [2.24, 2.45) is 0 Å². The smallest absolute Gasteiger partial charge is 0.146 e. The number of nitrogens with two attached hydrogens (primary N) is 1. The summed E-state index contributed by atoms with van der Waals surface area (Å²) < 4.78 is 0. The number of hydrogen-bond donors (Lipinski definition) is 2. The predicted octanol–water partition coefficient (Wildman–Crippen LogP) is 2.26. The Bertz CT molecular complexity index is 721. The van der Waals surface area contributed by atoms with E-state index < -0.39 is 0 Å². The fourth-order valence-corrected chi connectivity index (χ4v) is 2.16. The van der Waals surface area contributed by atoms with Crippen LogP contribution in [0.3, 0.4) is 0 Å². The van der Waals surface area contributed by atoms with Gasteiger partial charge in [0.25, 0.3) is 0 Å². The van der Waals surface area contributed by atoms with Crippen molar-refractivity contribution in [2.45, 2.75) is 6.42 Å². The van der Waals surface area contributed by atoms with Crippen molar-refractivity contribution in [2.75, 3.05) is 17.6 Å². The maximum atomic E-state index is 5.59. The molecule has 1 aromatic carbocycles. The van der Waals surface area contributed by atoms with Crippen molar-refractivity contribution in [1.29, 1.82) is 0 Å². The van der Waals surface area contributed by atoms with Gasteiger partial charge in [-0.25, -0.2) is 4.98 Å². The van der Waals surface area contributed by atoms with Crippen LogP contribution in [0.5, 0.6) is 0 Å². The summed E-state index contributed by atoms with van der Waals surface area (Å²) in [5.74, 6) is 1.11. The van der Waals surface area contributed by atoms with Crippen molar-refractivity contribution in [3.63, 3.8) is 0 Å². The zero-order valence-corrected chi connectivity index (χ0v) is 11.0. The number of hydrogen-bond acceptors (Lipinski definition) is 5. The van der Waals surface area contributed by atoms with Crippen molar-refractivity contribution in [3.8, 4) is 0 Å². The topological polar surface area (TPSA) is 76.7 Å². The van der Waals surface area contributed by atoms with Gasteiger partial charge in [0.1, 0.15) is 11.6 Å². The van der Waals surface area contributed by atoms with E-state index >= 15 is 0 Å². The molecule has 20 heavy (non-hydrogen) atoms. The minimum Gasteiger partial charge on any atom is -0.382 e. The Kier molecular flexibility index (Phi) is 3.41. The molecular weight excluding hydrogens is 250 g/mol. The third-order valence-corrected chi connectivity index (χ3v) is 3.07. The Labute approximate surface area is 116 Å². The molecule has 0 saturated heterocycles. The molecule has 2 aromatic heterocycles. The Hall–Kier alpha value is -2.69. The third-order valence-electron chi connectivity index (χ3n) is 3.07. The number of aromatic nitrogens is 3. The van der Waals surface area contributed by atoms with Crippen LogP contribution in [-0.4, -0.2) is 21.5 Å². The molecule has 0 radical (unpaired) electrons. The maximum Gasteiger partial charge on any atom is 0.146 e. The molecule has 0 atom stereocenters. The fraction of sp³-hybridized carbons (Fsp3) is 0.133. The second-order valence-electron chi connectivity index (χ2n) is 4.50. The molecule has 0 aliphatic carbocycles. The van der Waals surface area contributed by atoms with E-state index in [-0.39, 0.29) is 0 Å². The zero-order chi connectivity index (χ0) is 13.8. The summed E-state index contributed by atoms with van der Waals surface area (Å²) in [4.78, 5) is 12.6. The lowest BCUT2D eigenvalue weighted by Crippen LogP contribution is -2.08. The van der Waals surface area contributed by atoms with Crippen LogP contribution in [0.15, 0.2) is 48.9 Å². The normalized spacial score (nSPS) is 10.6. The lowest BCUT2D eigenvalue weighted by atomic mass is 10.1. The lowest BCUT2D eigenvalue weighted by Gasteiger charge is -2.07. The van der Waals surface area contributed by atoms with Crippen LogP contribution >= 0.6 is 0 Å². The first-order valence-corrected chi connectivity index (χ1v) is 6.47. The SMILES string of the molecule is Nc1cncc(NCCc2cccc3cccnc23)n1. The van der Waals surface area contributed by atoms with Crippen LogP contribution in [-0.2, 0) is 6.42 Å². The van der Waals surface area contributed by atoms with Gasteiger partial charge in [-0.1, -0.05) is 24.3 Å². The highest BCUT2D eigenvalue weighted by Gasteiger charge is 2.02. The standard InChI is InChI=1S/C15H15N5/c16-13-9-17-10-14(20-13)18-8-6-12-4-1-3-11-5-2-7-19-15(11)12/h1-5,7,9-10H,6,8H2,(H3,16,18,20). The Morgan fingerprint density at radius 3 is 2.90 bits per heavy atom. The number of rotatable bonds is 4. The summed E-state index contributed by atoms with van der Waals surface area (Å²) >= 11 is 0. The molecular formula is C15H15N5. The van der Waals surface area contributed by atoms with E-state index in [0.717, 1.165) is 23.9 Å². The van der Waals surface area contributed by atoms with E-state index in [2.05, 4.69) is 44.5 Å². The van der Waals surface area contributed by atoms with Crippen LogP contribution in [0.4, 0.5) is 11.6 Å². The van der Waals surface area contributed by atoms with Crippen LogP contribution in [0, 0.1) is 0 Å². The summed E-state index contributed by atoms with van der Waals surface area (Å²) in [7, 11) is 0. The quantitative estimate of drug-likeness (QED) is 0.756. The molecule has 100 valence electrons. The minimum atomic E-state index is 0.418. The van der Waals surface area contributed by atoms with Gasteiger partial charge in [-0.3, -0.25) is 9.97 Å². The highest BCUT2D eigenvalue weighted by atomic mass is 15.0. The molecule has 0 fully saturated rings. The highest BCUT2D eigenvalue weighted by molar-refractivity contribution is 5.81. The molecule has 0 spiro atoms. The first-order valence-electron chi connectivity index (χ1n) is 6.47. The van der Waals surface area contributed by atoms with Gasteiger partial charge < -0.3 is 11.1 Å². The average Bonchev–Trinajstić information content (AvgIpc) is 2.48. The molecule has 0 aliphatic heterocycles. The Morgan fingerprint density at radius 1 is 1.10 bits per heavy atom. The highest BCUT2D eigenvalue weighted by Crippen LogP contribution is 2.16. The van der Waals surface area contributed by atoms with Crippen molar-refractivity contribution in [3.05, 3.63) is 54.5 Å². The summed E-state index contributed by atoms with van der Waals surface area (Å²) in [5.41, 5.74) is 7.86. The maximum absolute atomic E-state index is 5.59. The number of fused-ring (bicyclic) bond motifs is 1. The number of benzene rings is 1. The second kappa shape index (κ2) is 5.52. The predicted molar refractivity (Wildman–Crippen MR) is 80.4 cm³/mol. The molecule has 0 saturated carbocycles. The van der Waals surface area contributed by atoms with E-state index in [1.165, 1.54) is 11.8 Å². The molecule has 0 bridgehead atoms. The van der Waals surface area contributed by atoms with Crippen molar-refractivity contribution < 1.29 is 0 Å². The largest absolute Gasteiger partial charge is 0.382 e. The molecule has 5 heteroatoms. The van der Waals surface area contributed by atoms with Gasteiger partial charge in [0.05, 0.1) is 17.9 Å². The van der Waals surface area contributed by atoms with Crippen molar-refractivity contribution >= 4 is 22.5 Å². The van der Waals surface area contributed by atoms with Crippen molar-refractivity contribution in [1.82, 2.24) is 15.0 Å². The van der Waals surface area contributed by atoms with E-state index in [1.54, 1.807) is 6.20 Å². The van der Waals surface area contributed by atoms with Gasteiger partial charge in [0.2, 0.25) is 0 Å². The fourth-order valence-electron chi connectivity index (χ4n) is 2.16. The van der Waals surface area contributed by atoms with Gasteiger partial charge in [0.15, 0.2) is 0 Å². The molecule has 3 rings (SSSR count). The zero-order valence-electron chi connectivity index (χ0n) is 11.0.